The molecule has 98 valence electrons. The second kappa shape index (κ2) is 5.68. The molecular weight excluding hydrogens is 232 g/mol. The Bertz CT molecular complexity index is 399. The lowest BCUT2D eigenvalue weighted by molar-refractivity contribution is -0.129. The van der Waals surface area contributed by atoms with Crippen molar-refractivity contribution in [2.45, 2.75) is 0 Å². The maximum Gasteiger partial charge on any atom is 0.236 e. The number of hydrogen-bond donors (Lipinski definition) is 1. The van der Waals surface area contributed by atoms with E-state index in [0.717, 1.165) is 18.8 Å². The zero-order valence-electron chi connectivity index (χ0n) is 10.5. The minimum absolute atomic E-state index is 0.0162. The molecule has 2 rings (SSSR count). The number of nitrogens with two attached hydrogens (primary N) is 1. The van der Waals surface area contributed by atoms with Crippen molar-refractivity contribution in [2.24, 2.45) is 5.73 Å². The van der Waals surface area contributed by atoms with Gasteiger partial charge in [-0.2, -0.15) is 0 Å². The molecule has 1 aliphatic heterocycles. The summed E-state index contributed by atoms with van der Waals surface area (Å²) in [4.78, 5) is 19.6. The summed E-state index contributed by atoms with van der Waals surface area (Å²) in [6, 6.07) is 3.82. The van der Waals surface area contributed by atoms with Gasteiger partial charge < -0.3 is 20.3 Å². The molecule has 0 spiro atoms. The number of hydrogen-bond acceptors (Lipinski definition) is 5. The molecule has 1 fully saturated rings. The van der Waals surface area contributed by atoms with E-state index in [0.29, 0.717) is 19.0 Å². The first kappa shape index (κ1) is 12.6. The van der Waals surface area contributed by atoms with E-state index in [9.17, 15) is 4.79 Å². The third-order valence-corrected chi connectivity index (χ3v) is 3.10. The number of piperazine rings is 1. The van der Waals surface area contributed by atoms with Gasteiger partial charge in [0.15, 0.2) is 0 Å². The van der Waals surface area contributed by atoms with Gasteiger partial charge in [0.1, 0.15) is 0 Å². The van der Waals surface area contributed by atoms with E-state index in [2.05, 4.69) is 9.88 Å². The van der Waals surface area contributed by atoms with Crippen molar-refractivity contribution in [1.29, 1.82) is 0 Å². The Morgan fingerprint density at radius 1 is 1.39 bits per heavy atom. The van der Waals surface area contributed by atoms with Crippen molar-refractivity contribution in [2.75, 3.05) is 44.7 Å². The first-order valence-electron chi connectivity index (χ1n) is 5.97. The van der Waals surface area contributed by atoms with Crippen LogP contribution in [0.25, 0.3) is 0 Å². The smallest absolute Gasteiger partial charge is 0.236 e. The van der Waals surface area contributed by atoms with E-state index in [1.165, 1.54) is 0 Å². The van der Waals surface area contributed by atoms with Crippen LogP contribution < -0.4 is 15.4 Å². The standard InChI is InChI=1S/C12H18N4O2/c1-18-11-3-2-10(9-14-11)15-4-6-16(7-5-15)12(17)8-13/h2-3,9H,4-8,13H2,1H3. The van der Waals surface area contributed by atoms with E-state index in [4.69, 9.17) is 10.5 Å². The predicted molar refractivity (Wildman–Crippen MR) is 68.6 cm³/mol. The predicted octanol–water partition coefficient (Wildman–Crippen LogP) is -0.302. The highest BCUT2D eigenvalue weighted by Gasteiger charge is 2.20. The number of ether oxygens (including phenoxy) is 1. The van der Waals surface area contributed by atoms with Crippen molar-refractivity contribution >= 4 is 11.6 Å². The van der Waals surface area contributed by atoms with Crippen LogP contribution in [0.5, 0.6) is 5.88 Å². The van der Waals surface area contributed by atoms with Crippen LogP contribution in [0.15, 0.2) is 18.3 Å². The maximum atomic E-state index is 11.4. The molecule has 2 N–H and O–H groups in total. The molecule has 0 aliphatic carbocycles. The number of pyridine rings is 1. The van der Waals surface area contributed by atoms with Crippen molar-refractivity contribution < 1.29 is 9.53 Å². The van der Waals surface area contributed by atoms with Crippen LogP contribution in [-0.4, -0.2) is 55.6 Å². The third-order valence-electron chi connectivity index (χ3n) is 3.10. The average molecular weight is 250 g/mol. The summed E-state index contributed by atoms with van der Waals surface area (Å²) < 4.78 is 5.02. The van der Waals surface area contributed by atoms with Gasteiger partial charge in [-0.15, -0.1) is 0 Å². The van der Waals surface area contributed by atoms with Crippen LogP contribution in [0, 0.1) is 0 Å². The number of aromatic nitrogens is 1. The first-order valence-corrected chi connectivity index (χ1v) is 5.97. The molecule has 0 radical (unpaired) electrons. The molecule has 6 heteroatoms. The minimum atomic E-state index is 0.0162. The fourth-order valence-electron chi connectivity index (χ4n) is 2.02. The molecule has 0 aromatic carbocycles. The summed E-state index contributed by atoms with van der Waals surface area (Å²) in [5.74, 6) is 0.623. The average Bonchev–Trinajstić information content (AvgIpc) is 2.47. The Kier molecular flexibility index (Phi) is 3.99. The summed E-state index contributed by atoms with van der Waals surface area (Å²) in [5, 5.41) is 0. The van der Waals surface area contributed by atoms with Gasteiger partial charge in [0, 0.05) is 32.2 Å². The monoisotopic (exact) mass is 250 g/mol. The molecule has 1 aromatic rings. The molecule has 0 bridgehead atoms. The molecule has 0 unspecified atom stereocenters. The van der Waals surface area contributed by atoms with Crippen LogP contribution in [0.3, 0.4) is 0 Å². The Morgan fingerprint density at radius 3 is 2.61 bits per heavy atom. The van der Waals surface area contributed by atoms with Gasteiger partial charge in [-0.05, 0) is 6.07 Å². The summed E-state index contributed by atoms with van der Waals surface area (Å²) in [6.07, 6.45) is 1.79. The Balaban J connectivity index is 1.94. The first-order chi connectivity index (χ1) is 8.74. The number of rotatable bonds is 3. The van der Waals surface area contributed by atoms with Gasteiger partial charge in [0.2, 0.25) is 11.8 Å². The SMILES string of the molecule is COc1ccc(N2CCN(C(=O)CN)CC2)cn1. The molecule has 6 nitrogen and oxygen atoms in total. The van der Waals surface area contributed by atoms with Gasteiger partial charge >= 0.3 is 0 Å². The molecule has 2 heterocycles. The Morgan fingerprint density at radius 2 is 2.11 bits per heavy atom. The van der Waals surface area contributed by atoms with Gasteiger partial charge in [0.05, 0.1) is 25.5 Å². The molecule has 18 heavy (non-hydrogen) atoms. The lowest BCUT2D eigenvalue weighted by atomic mass is 10.2. The van der Waals surface area contributed by atoms with E-state index in [1.54, 1.807) is 18.2 Å². The Hall–Kier alpha value is -1.82. The van der Waals surface area contributed by atoms with Crippen molar-refractivity contribution in [3.8, 4) is 5.88 Å². The minimum Gasteiger partial charge on any atom is -0.481 e. The number of amides is 1. The highest BCUT2D eigenvalue weighted by Crippen LogP contribution is 2.17. The van der Waals surface area contributed by atoms with Crippen LogP contribution in [0.1, 0.15) is 0 Å². The normalized spacial score (nSPS) is 15.7. The largest absolute Gasteiger partial charge is 0.481 e. The number of carbonyl (C=O) groups is 1. The van der Waals surface area contributed by atoms with Crippen molar-refractivity contribution in [1.82, 2.24) is 9.88 Å². The molecule has 1 aromatic heterocycles. The quantitative estimate of drug-likeness (QED) is 0.797. The van der Waals surface area contributed by atoms with Gasteiger partial charge in [-0.1, -0.05) is 0 Å². The Labute approximate surface area is 106 Å². The topological polar surface area (TPSA) is 71.7 Å². The number of methoxy groups -OCH3 is 1. The van der Waals surface area contributed by atoms with Crippen LogP contribution in [-0.2, 0) is 4.79 Å². The highest BCUT2D eigenvalue weighted by molar-refractivity contribution is 5.78. The molecular formula is C12H18N4O2. The van der Waals surface area contributed by atoms with Crippen molar-refractivity contribution in [3.05, 3.63) is 18.3 Å². The summed E-state index contributed by atoms with van der Waals surface area (Å²) >= 11 is 0. The fraction of sp³-hybridized carbons (Fsp3) is 0.500. The van der Waals surface area contributed by atoms with Gasteiger partial charge in [-0.3, -0.25) is 4.79 Å². The van der Waals surface area contributed by atoms with Gasteiger partial charge in [0.25, 0.3) is 0 Å². The second-order valence-electron chi connectivity index (χ2n) is 4.13. The van der Waals surface area contributed by atoms with Crippen LogP contribution in [0.4, 0.5) is 5.69 Å². The molecule has 1 aliphatic rings. The van der Waals surface area contributed by atoms with Gasteiger partial charge in [-0.25, -0.2) is 4.98 Å². The zero-order valence-corrected chi connectivity index (χ0v) is 10.5. The molecule has 1 amide bonds. The lowest BCUT2D eigenvalue weighted by Gasteiger charge is -2.35. The summed E-state index contributed by atoms with van der Waals surface area (Å²) in [7, 11) is 1.60. The number of carbonyl (C=O) groups excluding carboxylic acids is 1. The molecule has 1 saturated heterocycles. The number of nitrogens with zero attached hydrogens (tertiary/aromatic N) is 3. The summed E-state index contributed by atoms with van der Waals surface area (Å²) in [6.45, 7) is 3.12. The van der Waals surface area contributed by atoms with E-state index in [1.807, 2.05) is 12.1 Å². The second-order valence-corrected chi connectivity index (χ2v) is 4.13. The number of anilines is 1. The van der Waals surface area contributed by atoms with Crippen LogP contribution in [0.2, 0.25) is 0 Å². The lowest BCUT2D eigenvalue weighted by Crippen LogP contribution is -2.50. The van der Waals surface area contributed by atoms with E-state index < -0.39 is 0 Å². The maximum absolute atomic E-state index is 11.4. The van der Waals surface area contributed by atoms with Crippen LogP contribution >= 0.6 is 0 Å². The van der Waals surface area contributed by atoms with Crippen molar-refractivity contribution in [3.63, 3.8) is 0 Å². The summed E-state index contributed by atoms with van der Waals surface area (Å²) in [5.41, 5.74) is 6.40. The molecule has 0 saturated carbocycles. The highest BCUT2D eigenvalue weighted by atomic mass is 16.5. The van der Waals surface area contributed by atoms with E-state index in [-0.39, 0.29) is 12.5 Å². The van der Waals surface area contributed by atoms with E-state index >= 15 is 0 Å². The third kappa shape index (κ3) is 2.70. The molecule has 0 atom stereocenters. The zero-order chi connectivity index (χ0) is 13.0. The fourth-order valence-corrected chi connectivity index (χ4v) is 2.02.